The number of Topliss-reactive ketones (excluding diaryl/α,β-unsaturated/α-hetero) is 1. The molecule has 5 heteroatoms. The van der Waals surface area contributed by atoms with E-state index in [1.807, 2.05) is 6.92 Å². The zero-order chi connectivity index (χ0) is 16.4. The van der Waals surface area contributed by atoms with Crippen LogP contribution in [-0.2, 0) is 9.53 Å². The van der Waals surface area contributed by atoms with Gasteiger partial charge in [0.05, 0.1) is 25.2 Å². The van der Waals surface area contributed by atoms with Crippen molar-refractivity contribution in [1.29, 1.82) is 0 Å². The van der Waals surface area contributed by atoms with Crippen molar-refractivity contribution < 1.29 is 23.5 Å². The number of carbonyl (C=O) groups is 2. The molecule has 0 radical (unpaired) electrons. The molecule has 22 heavy (non-hydrogen) atoms. The summed E-state index contributed by atoms with van der Waals surface area (Å²) in [6.45, 7) is 5.65. The van der Waals surface area contributed by atoms with Crippen LogP contribution in [0.15, 0.2) is 12.1 Å². The minimum Gasteiger partial charge on any atom is -0.496 e. The van der Waals surface area contributed by atoms with Gasteiger partial charge in [0.1, 0.15) is 11.6 Å². The average molecular weight is 308 g/mol. The van der Waals surface area contributed by atoms with Crippen LogP contribution in [0.4, 0.5) is 4.39 Å². The van der Waals surface area contributed by atoms with E-state index in [-0.39, 0.29) is 35.3 Å². The molecule has 3 atom stereocenters. The number of hydrogen-bond acceptors (Lipinski definition) is 4. The van der Waals surface area contributed by atoms with Crippen LogP contribution in [0.25, 0.3) is 0 Å². The Kier molecular flexibility index (Phi) is 4.84. The van der Waals surface area contributed by atoms with Crippen molar-refractivity contribution in [3.63, 3.8) is 0 Å². The normalized spacial score (nSPS) is 23.0. The van der Waals surface area contributed by atoms with E-state index in [0.717, 1.165) is 0 Å². The van der Waals surface area contributed by atoms with Gasteiger partial charge in [-0.3, -0.25) is 9.59 Å². The fourth-order valence-electron chi connectivity index (χ4n) is 3.02. The quantitative estimate of drug-likeness (QED) is 0.597. The first-order valence-electron chi connectivity index (χ1n) is 7.54. The molecule has 0 aliphatic heterocycles. The van der Waals surface area contributed by atoms with Gasteiger partial charge in [0.25, 0.3) is 0 Å². The molecule has 1 aliphatic rings. The third-order valence-electron chi connectivity index (χ3n) is 4.24. The third kappa shape index (κ3) is 2.72. The highest BCUT2D eigenvalue weighted by Gasteiger charge is 2.55. The van der Waals surface area contributed by atoms with E-state index >= 15 is 0 Å². The highest BCUT2D eigenvalue weighted by molar-refractivity contribution is 5.99. The van der Waals surface area contributed by atoms with Crippen LogP contribution in [0, 0.1) is 17.7 Å². The molecule has 1 aromatic carbocycles. The Morgan fingerprint density at radius 2 is 1.95 bits per heavy atom. The Morgan fingerprint density at radius 3 is 2.50 bits per heavy atom. The van der Waals surface area contributed by atoms with E-state index in [0.29, 0.717) is 24.2 Å². The molecule has 120 valence electrons. The lowest BCUT2D eigenvalue weighted by atomic mass is 9.99. The van der Waals surface area contributed by atoms with Crippen LogP contribution >= 0.6 is 0 Å². The minimum atomic E-state index is -0.451. The molecule has 4 nitrogen and oxygen atoms in total. The molecular formula is C17H21FO4. The number of methoxy groups -OCH3 is 1. The van der Waals surface area contributed by atoms with Crippen LogP contribution < -0.4 is 4.74 Å². The summed E-state index contributed by atoms with van der Waals surface area (Å²) >= 11 is 0. The zero-order valence-corrected chi connectivity index (χ0v) is 13.3. The summed E-state index contributed by atoms with van der Waals surface area (Å²) in [7, 11) is 1.41. The van der Waals surface area contributed by atoms with Crippen molar-refractivity contribution in [2.45, 2.75) is 33.1 Å². The van der Waals surface area contributed by atoms with E-state index in [9.17, 15) is 14.0 Å². The maximum Gasteiger partial charge on any atom is 0.309 e. The van der Waals surface area contributed by atoms with Gasteiger partial charge >= 0.3 is 5.97 Å². The Hall–Kier alpha value is -1.91. The first kappa shape index (κ1) is 16.5. The predicted octanol–water partition coefficient (Wildman–Crippen LogP) is 3.34. The minimum absolute atomic E-state index is 0.0329. The molecule has 0 N–H and O–H groups in total. The van der Waals surface area contributed by atoms with Gasteiger partial charge < -0.3 is 9.47 Å². The molecular weight excluding hydrogens is 287 g/mol. The van der Waals surface area contributed by atoms with Gasteiger partial charge in [0.2, 0.25) is 0 Å². The average Bonchev–Trinajstić information content (AvgIpc) is 3.16. The van der Waals surface area contributed by atoms with Crippen molar-refractivity contribution in [3.8, 4) is 5.75 Å². The molecule has 0 heterocycles. The number of hydrogen-bond donors (Lipinski definition) is 0. The fourth-order valence-corrected chi connectivity index (χ4v) is 3.02. The van der Waals surface area contributed by atoms with Crippen molar-refractivity contribution in [3.05, 3.63) is 29.1 Å². The van der Waals surface area contributed by atoms with Gasteiger partial charge in [0.15, 0.2) is 5.78 Å². The number of esters is 1. The van der Waals surface area contributed by atoms with Crippen molar-refractivity contribution in [2.24, 2.45) is 11.8 Å². The second-order valence-electron chi connectivity index (χ2n) is 5.48. The summed E-state index contributed by atoms with van der Waals surface area (Å²) in [5, 5.41) is 0. The van der Waals surface area contributed by atoms with E-state index in [2.05, 4.69) is 0 Å². The lowest BCUT2D eigenvalue weighted by Crippen LogP contribution is -2.10. The SMILES string of the molecule is CCOC(=O)[C@@H]1C(C)[C@@H]1c1c(F)ccc(C(=O)CC)c1OC. The molecule has 2 rings (SSSR count). The monoisotopic (exact) mass is 308 g/mol. The molecule has 0 bridgehead atoms. The summed E-state index contributed by atoms with van der Waals surface area (Å²) in [5.74, 6) is -1.36. The van der Waals surface area contributed by atoms with Gasteiger partial charge in [0, 0.05) is 17.9 Å². The lowest BCUT2D eigenvalue weighted by molar-refractivity contribution is -0.145. The first-order chi connectivity index (χ1) is 10.5. The molecule has 0 amide bonds. The number of rotatable bonds is 6. The largest absolute Gasteiger partial charge is 0.496 e. The van der Waals surface area contributed by atoms with Gasteiger partial charge in [-0.1, -0.05) is 13.8 Å². The van der Waals surface area contributed by atoms with E-state index in [1.54, 1.807) is 13.8 Å². The molecule has 1 fully saturated rings. The fraction of sp³-hybridized carbons (Fsp3) is 0.529. The summed E-state index contributed by atoms with van der Waals surface area (Å²) in [6, 6.07) is 2.71. The van der Waals surface area contributed by atoms with E-state index < -0.39 is 5.82 Å². The van der Waals surface area contributed by atoms with Crippen molar-refractivity contribution >= 4 is 11.8 Å². The van der Waals surface area contributed by atoms with Crippen LogP contribution in [0.2, 0.25) is 0 Å². The van der Waals surface area contributed by atoms with Crippen LogP contribution in [-0.4, -0.2) is 25.5 Å². The number of carbonyl (C=O) groups excluding carboxylic acids is 2. The van der Waals surface area contributed by atoms with E-state index in [1.165, 1.54) is 19.2 Å². The number of ether oxygens (including phenoxy) is 2. The maximum absolute atomic E-state index is 14.3. The molecule has 1 aliphatic carbocycles. The molecule has 1 unspecified atom stereocenters. The third-order valence-corrected chi connectivity index (χ3v) is 4.24. The van der Waals surface area contributed by atoms with Crippen LogP contribution in [0.5, 0.6) is 5.75 Å². The molecule has 0 aromatic heterocycles. The standard InChI is InChI=1S/C17H21FO4/c1-5-12(19)10-7-8-11(18)15(16(10)21-4)13-9(3)14(13)17(20)22-6-2/h7-9,13-14H,5-6H2,1-4H3/t9?,13-,14+/m0/s1. The second kappa shape index (κ2) is 6.46. The van der Waals surface area contributed by atoms with Gasteiger partial charge in [-0.25, -0.2) is 4.39 Å². The predicted molar refractivity (Wildman–Crippen MR) is 79.6 cm³/mol. The first-order valence-corrected chi connectivity index (χ1v) is 7.54. The van der Waals surface area contributed by atoms with Gasteiger partial charge in [-0.15, -0.1) is 0 Å². The Morgan fingerprint density at radius 1 is 1.27 bits per heavy atom. The Bertz CT molecular complexity index is 597. The number of ketones is 1. The van der Waals surface area contributed by atoms with E-state index in [4.69, 9.17) is 9.47 Å². The summed E-state index contributed by atoms with van der Waals surface area (Å²) in [4.78, 5) is 23.9. The Balaban J connectivity index is 2.43. The summed E-state index contributed by atoms with van der Waals surface area (Å²) in [5.41, 5.74) is 0.676. The van der Waals surface area contributed by atoms with Crippen LogP contribution in [0.1, 0.15) is 49.0 Å². The smallest absolute Gasteiger partial charge is 0.309 e. The number of benzene rings is 1. The highest BCUT2D eigenvalue weighted by atomic mass is 19.1. The maximum atomic E-state index is 14.3. The molecule has 0 spiro atoms. The second-order valence-corrected chi connectivity index (χ2v) is 5.48. The molecule has 1 saturated carbocycles. The topological polar surface area (TPSA) is 52.6 Å². The summed E-state index contributed by atoms with van der Waals surface area (Å²) in [6.07, 6.45) is 0.308. The number of halogens is 1. The lowest BCUT2D eigenvalue weighted by Gasteiger charge is -2.13. The Labute approximate surface area is 129 Å². The van der Waals surface area contributed by atoms with Gasteiger partial charge in [-0.05, 0) is 25.0 Å². The van der Waals surface area contributed by atoms with Crippen molar-refractivity contribution in [2.75, 3.05) is 13.7 Å². The highest BCUT2D eigenvalue weighted by Crippen LogP contribution is 2.57. The molecule has 1 aromatic rings. The zero-order valence-electron chi connectivity index (χ0n) is 13.3. The van der Waals surface area contributed by atoms with Gasteiger partial charge in [-0.2, -0.15) is 0 Å². The summed E-state index contributed by atoms with van der Waals surface area (Å²) < 4.78 is 24.7. The van der Waals surface area contributed by atoms with Crippen molar-refractivity contribution in [1.82, 2.24) is 0 Å². The molecule has 0 saturated heterocycles. The van der Waals surface area contributed by atoms with Crippen LogP contribution in [0.3, 0.4) is 0 Å².